The molecule has 0 amide bonds. The Balaban J connectivity index is 4.39. The summed E-state index contributed by atoms with van der Waals surface area (Å²) in [6.45, 7) is 8.60. The zero-order valence-electron chi connectivity index (χ0n) is 7.60. The van der Waals surface area contributed by atoms with Gasteiger partial charge in [-0.1, -0.05) is 26.8 Å². The molecule has 0 aliphatic heterocycles. The molecule has 1 nitrogen and oxygen atoms in total. The molecule has 0 aliphatic rings. The molecule has 0 saturated carbocycles. The predicted molar refractivity (Wildman–Crippen MR) is 47.6 cm³/mol. The van der Waals surface area contributed by atoms with E-state index in [2.05, 4.69) is 31.8 Å². The third-order valence-electron chi connectivity index (χ3n) is 1.45. The molecular weight excluding hydrogens is 122 g/mol. The van der Waals surface area contributed by atoms with E-state index in [4.69, 9.17) is 0 Å². The smallest absolute Gasteiger partial charge is 0.0277 e. The molecule has 1 heteroatoms. The van der Waals surface area contributed by atoms with Crippen molar-refractivity contribution in [3.05, 3.63) is 11.6 Å². The summed E-state index contributed by atoms with van der Waals surface area (Å²) < 4.78 is 0. The molecule has 0 saturated heterocycles. The molecule has 58 valence electrons. The second-order valence-electron chi connectivity index (χ2n) is 3.38. The molecule has 0 bridgehead atoms. The van der Waals surface area contributed by atoms with Gasteiger partial charge in [0.1, 0.15) is 0 Å². The number of hydrogen-bond donors (Lipinski definition) is 0. The average molecular weight is 139 g/mol. The molecule has 0 N–H and O–H groups in total. The number of allylic oxidation sites excluding steroid dienone is 2. The number of nitrogens with zero attached hydrogens (tertiary/aromatic N) is 1. The molecule has 0 aromatic carbocycles. The van der Waals surface area contributed by atoms with Gasteiger partial charge >= 0.3 is 0 Å². The first-order valence-electron chi connectivity index (χ1n) is 3.61. The Morgan fingerprint density at radius 1 is 1.30 bits per heavy atom. The summed E-state index contributed by atoms with van der Waals surface area (Å²) >= 11 is 0. The molecule has 0 aliphatic carbocycles. The highest BCUT2D eigenvalue weighted by Gasteiger charge is 2.13. The Kier molecular flexibility index (Phi) is 3.34. The summed E-state index contributed by atoms with van der Waals surface area (Å²) in [6, 6.07) is 0. The maximum absolute atomic E-state index is 3.98. The van der Waals surface area contributed by atoms with Crippen LogP contribution in [0.4, 0.5) is 0 Å². The number of aliphatic imine (C=N–C) groups is 1. The lowest BCUT2D eigenvalue weighted by molar-refractivity contribution is 0.526. The van der Waals surface area contributed by atoms with Crippen LogP contribution in [0.25, 0.3) is 0 Å². The summed E-state index contributed by atoms with van der Waals surface area (Å²) in [7, 11) is 1.80. The Bertz CT molecular complexity index is 147. The quantitative estimate of drug-likeness (QED) is 0.495. The van der Waals surface area contributed by atoms with E-state index in [-0.39, 0.29) is 5.41 Å². The van der Waals surface area contributed by atoms with Crippen molar-refractivity contribution in [3.8, 4) is 0 Å². The van der Waals surface area contributed by atoms with Crippen molar-refractivity contribution in [2.75, 3.05) is 7.05 Å². The van der Waals surface area contributed by atoms with Gasteiger partial charge < -0.3 is 0 Å². The van der Waals surface area contributed by atoms with Crippen molar-refractivity contribution >= 4 is 6.21 Å². The number of rotatable bonds is 1. The van der Waals surface area contributed by atoms with Crippen LogP contribution in [0.15, 0.2) is 16.6 Å². The average Bonchev–Trinajstić information content (AvgIpc) is 1.80. The van der Waals surface area contributed by atoms with Gasteiger partial charge in [0.2, 0.25) is 0 Å². The molecule has 0 unspecified atom stereocenters. The van der Waals surface area contributed by atoms with Gasteiger partial charge in [0.25, 0.3) is 0 Å². The van der Waals surface area contributed by atoms with E-state index < -0.39 is 0 Å². The molecular formula is C9H17N. The molecule has 0 radical (unpaired) electrons. The van der Waals surface area contributed by atoms with Crippen LogP contribution in [0.2, 0.25) is 0 Å². The Hall–Kier alpha value is -0.590. The summed E-state index contributed by atoms with van der Waals surface area (Å²) in [6.07, 6.45) is 4.02. The standard InChI is InChI=1S/C9H17N/c1-6-8(7-10-5)9(2,3)4/h6-7H,1-5H3/b8-6+,10-7?. The minimum atomic E-state index is 0.230. The highest BCUT2D eigenvalue weighted by Crippen LogP contribution is 2.22. The minimum absolute atomic E-state index is 0.230. The zero-order chi connectivity index (χ0) is 8.20. The molecule has 0 aromatic rings. The van der Waals surface area contributed by atoms with Crippen molar-refractivity contribution in [1.82, 2.24) is 0 Å². The fraction of sp³-hybridized carbons (Fsp3) is 0.667. The molecule has 0 aromatic heterocycles. The van der Waals surface area contributed by atoms with Crippen LogP contribution in [0.1, 0.15) is 27.7 Å². The van der Waals surface area contributed by atoms with Crippen molar-refractivity contribution < 1.29 is 0 Å². The Labute approximate surface area is 63.9 Å². The van der Waals surface area contributed by atoms with Crippen LogP contribution >= 0.6 is 0 Å². The van der Waals surface area contributed by atoms with Gasteiger partial charge in [0, 0.05) is 13.3 Å². The van der Waals surface area contributed by atoms with Gasteiger partial charge in [0.15, 0.2) is 0 Å². The fourth-order valence-corrected chi connectivity index (χ4v) is 0.840. The van der Waals surface area contributed by atoms with Crippen molar-refractivity contribution in [3.63, 3.8) is 0 Å². The lowest BCUT2D eigenvalue weighted by Crippen LogP contribution is -2.09. The van der Waals surface area contributed by atoms with Gasteiger partial charge in [0.05, 0.1) is 0 Å². The van der Waals surface area contributed by atoms with Gasteiger partial charge in [-0.05, 0) is 17.9 Å². The first kappa shape index (κ1) is 9.41. The van der Waals surface area contributed by atoms with E-state index >= 15 is 0 Å². The predicted octanol–water partition coefficient (Wildman–Crippen LogP) is 2.68. The lowest BCUT2D eigenvalue weighted by atomic mass is 9.87. The van der Waals surface area contributed by atoms with Crippen molar-refractivity contribution in [2.45, 2.75) is 27.7 Å². The van der Waals surface area contributed by atoms with E-state index in [0.29, 0.717) is 0 Å². The van der Waals surface area contributed by atoms with Crippen molar-refractivity contribution in [2.24, 2.45) is 10.4 Å². The highest BCUT2D eigenvalue weighted by atomic mass is 14.6. The first-order valence-corrected chi connectivity index (χ1v) is 3.61. The van der Waals surface area contributed by atoms with Crippen LogP contribution in [0.5, 0.6) is 0 Å². The van der Waals surface area contributed by atoms with E-state index in [0.717, 1.165) is 0 Å². The molecule has 0 rings (SSSR count). The molecule has 0 fully saturated rings. The number of hydrogen-bond acceptors (Lipinski definition) is 1. The second kappa shape index (κ2) is 3.55. The van der Waals surface area contributed by atoms with Crippen LogP contribution in [0, 0.1) is 5.41 Å². The third-order valence-corrected chi connectivity index (χ3v) is 1.45. The lowest BCUT2D eigenvalue weighted by Gasteiger charge is -2.18. The van der Waals surface area contributed by atoms with Crippen LogP contribution < -0.4 is 0 Å². The first-order chi connectivity index (χ1) is 4.52. The fourth-order valence-electron chi connectivity index (χ4n) is 0.840. The molecule has 0 spiro atoms. The van der Waals surface area contributed by atoms with E-state index in [9.17, 15) is 0 Å². The molecule has 0 atom stereocenters. The van der Waals surface area contributed by atoms with Gasteiger partial charge in [-0.25, -0.2) is 0 Å². The van der Waals surface area contributed by atoms with Gasteiger partial charge in [-0.3, -0.25) is 4.99 Å². The summed E-state index contributed by atoms with van der Waals surface area (Å²) in [5, 5.41) is 0. The van der Waals surface area contributed by atoms with Gasteiger partial charge in [-0.2, -0.15) is 0 Å². The largest absolute Gasteiger partial charge is 0.296 e. The molecule has 0 heterocycles. The maximum Gasteiger partial charge on any atom is 0.0277 e. The normalized spacial score (nSPS) is 14.7. The van der Waals surface area contributed by atoms with E-state index in [1.165, 1.54) is 5.57 Å². The van der Waals surface area contributed by atoms with Crippen LogP contribution in [0.3, 0.4) is 0 Å². The minimum Gasteiger partial charge on any atom is -0.296 e. The van der Waals surface area contributed by atoms with Crippen molar-refractivity contribution in [1.29, 1.82) is 0 Å². The Morgan fingerprint density at radius 3 is 1.90 bits per heavy atom. The van der Waals surface area contributed by atoms with Crippen LogP contribution in [-0.4, -0.2) is 13.3 Å². The Morgan fingerprint density at radius 2 is 1.80 bits per heavy atom. The zero-order valence-corrected chi connectivity index (χ0v) is 7.60. The van der Waals surface area contributed by atoms with Gasteiger partial charge in [-0.15, -0.1) is 0 Å². The monoisotopic (exact) mass is 139 g/mol. The topological polar surface area (TPSA) is 12.4 Å². The summed E-state index contributed by atoms with van der Waals surface area (Å²) in [4.78, 5) is 3.98. The summed E-state index contributed by atoms with van der Waals surface area (Å²) in [5.41, 5.74) is 1.52. The SMILES string of the molecule is C/C=C(\C=NC)C(C)(C)C. The second-order valence-corrected chi connectivity index (χ2v) is 3.38. The maximum atomic E-state index is 3.98. The van der Waals surface area contributed by atoms with E-state index in [1.807, 2.05) is 13.1 Å². The summed E-state index contributed by atoms with van der Waals surface area (Å²) in [5.74, 6) is 0. The third kappa shape index (κ3) is 2.81. The van der Waals surface area contributed by atoms with Crippen LogP contribution in [-0.2, 0) is 0 Å². The van der Waals surface area contributed by atoms with E-state index in [1.54, 1.807) is 7.05 Å². The molecule has 10 heavy (non-hydrogen) atoms. The highest BCUT2D eigenvalue weighted by molar-refractivity contribution is 5.79.